The van der Waals surface area contributed by atoms with Gasteiger partial charge < -0.3 is 19.7 Å². The van der Waals surface area contributed by atoms with Gasteiger partial charge in [0.2, 0.25) is 0 Å². The average Bonchev–Trinajstić information content (AvgIpc) is 2.86. The van der Waals surface area contributed by atoms with E-state index in [0.717, 1.165) is 89.9 Å². The second kappa shape index (κ2) is 14.2. The van der Waals surface area contributed by atoms with Crippen LogP contribution in [0, 0.1) is 0 Å². The Labute approximate surface area is 214 Å². The number of nitrogens with zero attached hydrogens (tertiary/aromatic N) is 2. The topological polar surface area (TPSA) is 118 Å². The predicted octanol–water partition coefficient (Wildman–Crippen LogP) is 5.86. The second-order valence-corrected chi connectivity index (χ2v) is 10.3. The van der Waals surface area contributed by atoms with Gasteiger partial charge in [-0.1, -0.05) is 25.7 Å². The normalized spacial score (nSPS) is 25.9. The summed E-state index contributed by atoms with van der Waals surface area (Å²) in [7, 11) is 0. The summed E-state index contributed by atoms with van der Waals surface area (Å²) in [6.07, 6.45) is 16.0. The van der Waals surface area contributed by atoms with Crippen LogP contribution in [0.2, 0.25) is 0 Å². The van der Waals surface area contributed by atoms with Crippen molar-refractivity contribution in [2.45, 2.75) is 128 Å². The van der Waals surface area contributed by atoms with Gasteiger partial charge in [0, 0.05) is 12.4 Å². The van der Waals surface area contributed by atoms with Gasteiger partial charge in [0.15, 0.2) is 0 Å². The Bertz CT molecular complexity index is 798. The Morgan fingerprint density at radius 3 is 1.28 bits per heavy atom. The molecule has 3 aliphatic carbocycles. The third-order valence-electron chi connectivity index (χ3n) is 7.36. The summed E-state index contributed by atoms with van der Waals surface area (Å²) in [5, 5.41) is 20.2. The standard InChI is InChI=1S/C28H42N2O6/c1-19(31)23(27(33)35-21-11-5-3-6-12-21)17-29-25-15-9-10-16-26(25)30-18-24(20(2)32)28(34)36-22-13-7-4-8-14-22/h17-18,21-22,25-26,31-32H,3-16H2,1-2H3/b23-19+,24-20+,29-17?,30-18?/t25-,26-/m1/s1. The van der Waals surface area contributed by atoms with Gasteiger partial charge in [0.25, 0.3) is 0 Å². The molecule has 3 fully saturated rings. The van der Waals surface area contributed by atoms with Crippen molar-refractivity contribution in [2.24, 2.45) is 9.98 Å². The maximum absolute atomic E-state index is 12.7. The van der Waals surface area contributed by atoms with Gasteiger partial charge >= 0.3 is 11.9 Å². The maximum atomic E-state index is 12.7. The molecule has 0 saturated heterocycles. The fourth-order valence-corrected chi connectivity index (χ4v) is 5.16. The van der Waals surface area contributed by atoms with Crippen LogP contribution in [0.3, 0.4) is 0 Å². The monoisotopic (exact) mass is 502 g/mol. The minimum atomic E-state index is -0.548. The lowest BCUT2D eigenvalue weighted by molar-refractivity contribution is -0.146. The van der Waals surface area contributed by atoms with Crippen molar-refractivity contribution < 1.29 is 29.3 Å². The van der Waals surface area contributed by atoms with Crippen LogP contribution in [-0.2, 0) is 19.1 Å². The second-order valence-electron chi connectivity index (χ2n) is 10.3. The molecule has 0 aromatic carbocycles. The Hall–Kier alpha value is -2.64. The van der Waals surface area contributed by atoms with Gasteiger partial charge in [0.1, 0.15) is 34.9 Å². The minimum Gasteiger partial charge on any atom is -0.512 e. The molecule has 0 aromatic heterocycles. The molecule has 0 amide bonds. The zero-order valence-corrected chi connectivity index (χ0v) is 21.8. The van der Waals surface area contributed by atoms with Gasteiger partial charge in [0.05, 0.1) is 12.1 Å². The van der Waals surface area contributed by atoms with E-state index in [9.17, 15) is 19.8 Å². The number of carbonyl (C=O) groups is 2. The Balaban J connectivity index is 1.66. The van der Waals surface area contributed by atoms with E-state index >= 15 is 0 Å². The Kier molecular flexibility index (Phi) is 11.0. The molecule has 0 bridgehead atoms. The fraction of sp³-hybridized carbons (Fsp3) is 0.714. The van der Waals surface area contributed by atoms with Crippen LogP contribution in [0.4, 0.5) is 0 Å². The number of carbonyl (C=O) groups excluding carboxylic acids is 2. The van der Waals surface area contributed by atoms with E-state index in [2.05, 4.69) is 9.98 Å². The number of aliphatic hydroxyl groups excluding tert-OH is 2. The van der Waals surface area contributed by atoms with Crippen molar-refractivity contribution in [3.05, 3.63) is 22.7 Å². The molecule has 8 heteroatoms. The summed E-state index contributed by atoms with van der Waals surface area (Å²) >= 11 is 0. The number of allylic oxidation sites excluding steroid dienone is 2. The molecule has 36 heavy (non-hydrogen) atoms. The van der Waals surface area contributed by atoms with Gasteiger partial charge in [-0.15, -0.1) is 0 Å². The van der Waals surface area contributed by atoms with Gasteiger partial charge in [-0.3, -0.25) is 9.98 Å². The SMILES string of the molecule is C/C(O)=C(/C=N[C@@H]1CCCC[C@H]1N=C/C(C(=O)OC1CCCCC1)=C(/C)O)C(=O)OC1CCCCC1. The predicted molar refractivity (Wildman–Crippen MR) is 140 cm³/mol. The average molecular weight is 503 g/mol. The van der Waals surface area contributed by atoms with Crippen molar-refractivity contribution in [3.8, 4) is 0 Å². The van der Waals surface area contributed by atoms with Crippen LogP contribution in [0.25, 0.3) is 0 Å². The first-order valence-corrected chi connectivity index (χ1v) is 13.6. The highest BCUT2D eigenvalue weighted by Gasteiger charge is 2.26. The van der Waals surface area contributed by atoms with Gasteiger partial charge in [-0.25, -0.2) is 9.59 Å². The van der Waals surface area contributed by atoms with Crippen molar-refractivity contribution >= 4 is 24.4 Å². The highest BCUT2D eigenvalue weighted by Crippen LogP contribution is 2.26. The number of aliphatic imine (C=N–C) groups is 2. The van der Waals surface area contributed by atoms with E-state index in [1.807, 2.05) is 0 Å². The lowest BCUT2D eigenvalue weighted by Gasteiger charge is -2.26. The smallest absolute Gasteiger partial charge is 0.343 e. The van der Waals surface area contributed by atoms with E-state index in [1.54, 1.807) is 0 Å². The molecule has 0 aliphatic heterocycles. The molecule has 200 valence electrons. The highest BCUT2D eigenvalue weighted by atomic mass is 16.5. The molecule has 3 aliphatic rings. The van der Waals surface area contributed by atoms with E-state index in [0.29, 0.717) is 0 Å². The number of hydrogen-bond donors (Lipinski definition) is 2. The van der Waals surface area contributed by atoms with Crippen molar-refractivity contribution in [3.63, 3.8) is 0 Å². The quantitative estimate of drug-likeness (QED) is 0.186. The van der Waals surface area contributed by atoms with Crippen LogP contribution < -0.4 is 0 Å². The minimum absolute atomic E-state index is 0.0664. The first kappa shape index (κ1) is 27.9. The summed E-state index contributed by atoms with van der Waals surface area (Å²) in [5.41, 5.74) is 0.133. The van der Waals surface area contributed by atoms with Crippen LogP contribution in [0.15, 0.2) is 32.6 Å². The molecule has 3 rings (SSSR count). The molecule has 0 unspecified atom stereocenters. The number of hydrogen-bond acceptors (Lipinski definition) is 8. The summed E-state index contributed by atoms with van der Waals surface area (Å²) in [4.78, 5) is 34.6. The Morgan fingerprint density at radius 2 is 0.944 bits per heavy atom. The fourth-order valence-electron chi connectivity index (χ4n) is 5.16. The molecular formula is C28H42N2O6. The van der Waals surface area contributed by atoms with Crippen LogP contribution in [0.1, 0.15) is 104 Å². The molecule has 0 radical (unpaired) electrons. The zero-order chi connectivity index (χ0) is 25.9. The maximum Gasteiger partial charge on any atom is 0.343 e. The summed E-state index contributed by atoms with van der Waals surface area (Å²) in [6, 6.07) is -0.414. The molecular weight excluding hydrogens is 460 g/mol. The molecule has 0 aromatic rings. The van der Waals surface area contributed by atoms with E-state index in [-0.39, 0.29) is 47.0 Å². The van der Waals surface area contributed by atoms with E-state index in [4.69, 9.17) is 9.47 Å². The first-order valence-electron chi connectivity index (χ1n) is 13.6. The van der Waals surface area contributed by atoms with Crippen molar-refractivity contribution in [1.82, 2.24) is 0 Å². The van der Waals surface area contributed by atoms with E-state index < -0.39 is 11.9 Å². The largest absolute Gasteiger partial charge is 0.512 e. The van der Waals surface area contributed by atoms with Crippen LogP contribution in [0.5, 0.6) is 0 Å². The molecule has 3 saturated carbocycles. The summed E-state index contributed by atoms with van der Waals surface area (Å²) in [5.74, 6) is -1.34. The van der Waals surface area contributed by atoms with Crippen molar-refractivity contribution in [2.75, 3.05) is 0 Å². The number of esters is 2. The number of rotatable bonds is 8. The molecule has 8 nitrogen and oxygen atoms in total. The van der Waals surface area contributed by atoms with Gasteiger partial charge in [-0.2, -0.15) is 0 Å². The van der Waals surface area contributed by atoms with E-state index in [1.165, 1.54) is 26.3 Å². The molecule has 0 spiro atoms. The van der Waals surface area contributed by atoms with Crippen LogP contribution >= 0.6 is 0 Å². The van der Waals surface area contributed by atoms with Crippen LogP contribution in [-0.4, -0.2) is 58.9 Å². The highest BCUT2D eigenvalue weighted by molar-refractivity contribution is 6.10. The molecule has 0 heterocycles. The first-order chi connectivity index (χ1) is 17.3. The Morgan fingerprint density at radius 1 is 0.611 bits per heavy atom. The number of aliphatic hydroxyl groups is 2. The third-order valence-corrected chi connectivity index (χ3v) is 7.36. The van der Waals surface area contributed by atoms with Gasteiger partial charge in [-0.05, 0) is 78.1 Å². The molecule has 2 atom stereocenters. The summed E-state index contributed by atoms with van der Waals surface area (Å²) < 4.78 is 11.2. The molecule has 2 N–H and O–H groups in total. The van der Waals surface area contributed by atoms with Crippen molar-refractivity contribution in [1.29, 1.82) is 0 Å². The number of ether oxygens (including phenoxy) is 2. The lowest BCUT2D eigenvalue weighted by atomic mass is 9.91. The lowest BCUT2D eigenvalue weighted by Crippen LogP contribution is -2.28. The third kappa shape index (κ3) is 8.49. The summed E-state index contributed by atoms with van der Waals surface area (Å²) in [6.45, 7) is 2.91. The zero-order valence-electron chi connectivity index (χ0n) is 21.8.